The molecule has 4 rings (SSSR count). The second-order valence-corrected chi connectivity index (χ2v) is 12.1. The molecule has 1 heterocycles. The highest BCUT2D eigenvalue weighted by Gasteiger charge is 2.36. The summed E-state index contributed by atoms with van der Waals surface area (Å²) in [4.78, 5) is 32.7. The lowest BCUT2D eigenvalue weighted by atomic mass is 10.0. The number of sulfone groups is 1. The normalized spacial score (nSPS) is 11.4. The van der Waals surface area contributed by atoms with Crippen LogP contribution in [0.4, 0.5) is 30.7 Å². The van der Waals surface area contributed by atoms with Gasteiger partial charge in [0.1, 0.15) is 11.4 Å². The van der Waals surface area contributed by atoms with E-state index in [1.807, 2.05) is 0 Å². The molecular formula is C30H25ClF7N3O7S. The molecule has 19 heteroatoms. The van der Waals surface area contributed by atoms with Crippen molar-refractivity contribution in [3.8, 4) is 11.3 Å². The van der Waals surface area contributed by atoms with E-state index in [2.05, 4.69) is 20.2 Å². The second-order valence-electron chi connectivity index (χ2n) is 9.78. The molecule has 0 aliphatic heterocycles. The van der Waals surface area contributed by atoms with Crippen molar-refractivity contribution < 1.29 is 64.0 Å². The molecule has 0 aliphatic carbocycles. The van der Waals surface area contributed by atoms with Gasteiger partial charge in [0, 0.05) is 29.6 Å². The zero-order chi connectivity index (χ0) is 37.3. The van der Waals surface area contributed by atoms with Gasteiger partial charge < -0.3 is 10.4 Å². The molecule has 0 aliphatic rings. The van der Waals surface area contributed by atoms with Gasteiger partial charge in [-0.25, -0.2) is 32.4 Å². The highest BCUT2D eigenvalue weighted by Crippen LogP contribution is 2.36. The van der Waals surface area contributed by atoms with Crippen LogP contribution in [0.15, 0.2) is 72.0 Å². The molecule has 0 saturated heterocycles. The van der Waals surface area contributed by atoms with E-state index in [1.54, 1.807) is 19.1 Å². The summed E-state index contributed by atoms with van der Waals surface area (Å²) in [6, 6.07) is 11.3. The number of halogens is 8. The number of aromatic carboxylic acids is 1. The van der Waals surface area contributed by atoms with Crippen LogP contribution in [-0.2, 0) is 33.6 Å². The number of nitrogens with one attached hydrogen (secondary N) is 1. The van der Waals surface area contributed by atoms with Crippen LogP contribution < -0.4 is 5.32 Å². The summed E-state index contributed by atoms with van der Waals surface area (Å²) >= 11 is 5.56. The van der Waals surface area contributed by atoms with Crippen LogP contribution in [-0.4, -0.2) is 54.0 Å². The highest BCUT2D eigenvalue weighted by molar-refractivity contribution is 7.90. The number of hydrogen-bond donors (Lipinski definition) is 3. The fraction of sp³-hybridized carbons (Fsp3) is 0.200. The third-order valence-electron chi connectivity index (χ3n) is 5.94. The predicted octanol–water partition coefficient (Wildman–Crippen LogP) is 7.11. The first-order valence-electron chi connectivity index (χ1n) is 13.2. The lowest BCUT2D eigenvalue weighted by molar-refractivity contribution is -0.182. The first-order chi connectivity index (χ1) is 22.6. The van der Waals surface area contributed by atoms with E-state index in [-0.39, 0.29) is 35.0 Å². The topological polar surface area (TPSA) is 156 Å². The van der Waals surface area contributed by atoms with Crippen LogP contribution in [0.3, 0.4) is 0 Å². The van der Waals surface area contributed by atoms with E-state index < -0.39 is 56.2 Å². The third kappa shape index (κ3) is 12.1. The molecule has 0 fully saturated rings. The Morgan fingerprint density at radius 1 is 0.959 bits per heavy atom. The minimum absolute atomic E-state index is 0.0598. The van der Waals surface area contributed by atoms with Gasteiger partial charge in [-0.05, 0) is 79.7 Å². The number of carboxylic acid groups (broad SMARTS) is 1. The lowest BCUT2D eigenvalue weighted by Gasteiger charge is -2.13. The Hall–Kier alpha value is -4.65. The molecule has 0 atom stereocenters. The molecule has 0 amide bonds. The third-order valence-corrected chi connectivity index (χ3v) is 7.04. The monoisotopic (exact) mass is 739 g/mol. The summed E-state index contributed by atoms with van der Waals surface area (Å²) in [6.07, 6.45) is -7.72. The van der Waals surface area contributed by atoms with Crippen molar-refractivity contribution in [2.45, 2.75) is 31.0 Å². The van der Waals surface area contributed by atoms with E-state index in [4.69, 9.17) is 22.0 Å². The SMILES string of the molecule is CNCc1cc(C(F)(F)F)cc(C(F)(F)F)c1.Cc1cc(F)ccc1-c1nc(S(C)(=O)=O)ncc1C(=O)O.O=C(OO)c1cccc(Cl)c1. The Bertz CT molecular complexity index is 1890. The summed E-state index contributed by atoms with van der Waals surface area (Å²) in [5.41, 5.74) is -1.96. The molecule has 3 aromatic carbocycles. The maximum Gasteiger partial charge on any atom is 0.416 e. The summed E-state index contributed by atoms with van der Waals surface area (Å²) in [7, 11) is -2.25. The Morgan fingerprint density at radius 3 is 2.00 bits per heavy atom. The average molecular weight is 740 g/mol. The van der Waals surface area contributed by atoms with E-state index in [9.17, 15) is 48.7 Å². The molecule has 3 N–H and O–H groups in total. The quantitative estimate of drug-likeness (QED) is 0.0807. The summed E-state index contributed by atoms with van der Waals surface area (Å²) in [5, 5.41) is 19.6. The minimum Gasteiger partial charge on any atom is -0.478 e. The first kappa shape index (κ1) is 40.5. The number of aryl methyl sites for hydroxylation is 1. The molecule has 0 spiro atoms. The van der Waals surface area contributed by atoms with Gasteiger partial charge in [-0.1, -0.05) is 17.7 Å². The van der Waals surface area contributed by atoms with Crippen molar-refractivity contribution in [2.24, 2.45) is 0 Å². The van der Waals surface area contributed by atoms with Gasteiger partial charge in [-0.2, -0.15) is 31.6 Å². The van der Waals surface area contributed by atoms with Gasteiger partial charge in [0.15, 0.2) is 0 Å². The molecule has 1 aromatic heterocycles. The lowest BCUT2D eigenvalue weighted by Crippen LogP contribution is -2.14. The van der Waals surface area contributed by atoms with Crippen molar-refractivity contribution in [2.75, 3.05) is 13.3 Å². The van der Waals surface area contributed by atoms with Gasteiger partial charge in [0.05, 0.1) is 22.4 Å². The molecule has 0 unspecified atom stereocenters. The van der Waals surface area contributed by atoms with Crippen LogP contribution in [0, 0.1) is 12.7 Å². The fourth-order valence-corrected chi connectivity index (χ4v) is 4.48. The highest BCUT2D eigenvalue weighted by atomic mass is 35.5. The smallest absolute Gasteiger partial charge is 0.416 e. The van der Waals surface area contributed by atoms with Gasteiger partial charge in [0.2, 0.25) is 15.0 Å². The molecule has 10 nitrogen and oxygen atoms in total. The molecular weight excluding hydrogens is 715 g/mol. The standard InChI is InChI=1S/C13H11FN2O4S.C10H9F6N.C7H5ClO3/c1-7-5-8(14)3-4-9(7)11-10(12(17)18)6-15-13(16-11)21(2,19)20;1-17-5-6-2-7(9(11,12)13)4-8(3-6)10(14,15)16;8-6-3-1-2-5(4-6)7(9)11-10/h3-6H,1-2H3,(H,17,18);2-4,17H,5H2,1H3;1-4,10H. The summed E-state index contributed by atoms with van der Waals surface area (Å²) < 4.78 is 110. The number of alkyl halides is 6. The second kappa shape index (κ2) is 16.6. The number of hydrogen-bond acceptors (Lipinski definition) is 9. The number of carbonyl (C=O) groups excluding carboxylic acids is 1. The summed E-state index contributed by atoms with van der Waals surface area (Å²) in [6.45, 7) is 1.51. The first-order valence-corrected chi connectivity index (χ1v) is 15.5. The van der Waals surface area contributed by atoms with Gasteiger partial charge in [0.25, 0.3) is 0 Å². The summed E-state index contributed by atoms with van der Waals surface area (Å²) in [5.74, 6) is -2.59. The Kier molecular flexibility index (Phi) is 13.8. The maximum absolute atomic E-state index is 13.1. The molecule has 0 saturated carbocycles. The number of nitrogens with zero attached hydrogens (tertiary/aromatic N) is 2. The Balaban J connectivity index is 0.000000268. The number of benzene rings is 3. The number of aromatic nitrogens is 2. The molecule has 49 heavy (non-hydrogen) atoms. The van der Waals surface area contributed by atoms with Gasteiger partial charge in [-0.15, -0.1) is 0 Å². The van der Waals surface area contributed by atoms with Crippen molar-refractivity contribution in [1.82, 2.24) is 15.3 Å². The van der Waals surface area contributed by atoms with E-state index in [0.29, 0.717) is 28.3 Å². The molecule has 264 valence electrons. The predicted molar refractivity (Wildman–Crippen MR) is 161 cm³/mol. The fourth-order valence-electron chi connectivity index (χ4n) is 3.79. The average Bonchev–Trinajstić information content (AvgIpc) is 3.00. The zero-order valence-electron chi connectivity index (χ0n) is 25.3. The van der Waals surface area contributed by atoms with Crippen molar-refractivity contribution >= 4 is 33.4 Å². The van der Waals surface area contributed by atoms with Crippen molar-refractivity contribution in [3.63, 3.8) is 0 Å². The maximum atomic E-state index is 13.1. The number of carbonyl (C=O) groups is 2. The van der Waals surface area contributed by atoms with Crippen LogP contribution in [0.1, 0.15) is 43.0 Å². The van der Waals surface area contributed by atoms with Crippen LogP contribution in [0.2, 0.25) is 5.02 Å². The van der Waals surface area contributed by atoms with Gasteiger partial charge >= 0.3 is 24.3 Å². The Morgan fingerprint density at radius 2 is 1.55 bits per heavy atom. The van der Waals surface area contributed by atoms with Crippen molar-refractivity contribution in [3.05, 3.63) is 111 Å². The minimum atomic E-state index is -4.79. The van der Waals surface area contributed by atoms with Gasteiger partial charge in [-0.3, -0.25) is 4.89 Å². The number of carboxylic acids is 1. The molecule has 0 radical (unpaired) electrons. The van der Waals surface area contributed by atoms with Crippen LogP contribution >= 0.6 is 11.6 Å². The van der Waals surface area contributed by atoms with E-state index in [0.717, 1.165) is 18.5 Å². The molecule has 4 aromatic rings. The zero-order valence-corrected chi connectivity index (χ0v) is 26.9. The van der Waals surface area contributed by atoms with Crippen LogP contribution in [0.25, 0.3) is 11.3 Å². The Labute approximate surface area is 279 Å². The van der Waals surface area contributed by atoms with Crippen LogP contribution in [0.5, 0.6) is 0 Å². The van der Waals surface area contributed by atoms with Crippen molar-refractivity contribution in [1.29, 1.82) is 0 Å². The largest absolute Gasteiger partial charge is 0.478 e. The van der Waals surface area contributed by atoms with E-state index in [1.165, 1.54) is 31.3 Å². The van der Waals surface area contributed by atoms with E-state index >= 15 is 0 Å². The number of rotatable bonds is 6. The molecule has 0 bridgehead atoms.